The molecule has 0 aliphatic carbocycles. The second-order valence-corrected chi connectivity index (χ2v) is 5.19. The summed E-state index contributed by atoms with van der Waals surface area (Å²) in [6.07, 6.45) is 7.61. The van der Waals surface area contributed by atoms with Gasteiger partial charge >= 0.3 is 0 Å². The molecule has 1 aromatic carbocycles. The zero-order valence-corrected chi connectivity index (χ0v) is 12.2. The van der Waals surface area contributed by atoms with E-state index in [9.17, 15) is 4.39 Å². The fourth-order valence-electron chi connectivity index (χ4n) is 2.41. The minimum Gasteiger partial charge on any atom is -0.313 e. The van der Waals surface area contributed by atoms with Crippen LogP contribution in [0.1, 0.15) is 17.2 Å². The Labute approximate surface area is 126 Å². The number of nitrogens with one attached hydrogen (secondary N) is 1. The third-order valence-electron chi connectivity index (χ3n) is 3.51. The highest BCUT2D eigenvalue weighted by atomic mass is 35.5. The van der Waals surface area contributed by atoms with E-state index in [0.717, 1.165) is 16.6 Å². The number of halogens is 2. The van der Waals surface area contributed by atoms with Crippen LogP contribution in [0, 0.1) is 5.82 Å². The molecule has 3 aromatic rings. The summed E-state index contributed by atoms with van der Waals surface area (Å²) in [5, 5.41) is 8.09. The first-order valence-corrected chi connectivity index (χ1v) is 6.95. The van der Waals surface area contributed by atoms with Crippen molar-refractivity contribution in [3.8, 4) is 0 Å². The van der Waals surface area contributed by atoms with E-state index in [4.69, 9.17) is 11.6 Å². The topological polar surface area (TPSA) is 42.2 Å². The lowest BCUT2D eigenvalue weighted by Gasteiger charge is -2.16. The van der Waals surface area contributed by atoms with E-state index in [1.54, 1.807) is 35.4 Å². The van der Waals surface area contributed by atoms with Crippen LogP contribution in [-0.2, 0) is 6.42 Å². The van der Waals surface area contributed by atoms with Gasteiger partial charge in [-0.2, -0.15) is 5.10 Å². The number of likely N-dealkylation sites (N-methyl/N-ethyl adjacent to an activating group) is 1. The molecule has 0 radical (unpaired) electrons. The summed E-state index contributed by atoms with van der Waals surface area (Å²) in [6, 6.07) is 4.39. The van der Waals surface area contributed by atoms with Gasteiger partial charge in [-0.15, -0.1) is 0 Å². The maximum atomic E-state index is 13.4. The van der Waals surface area contributed by atoms with E-state index >= 15 is 0 Å². The smallest absolute Gasteiger partial charge is 0.123 e. The van der Waals surface area contributed by atoms with Gasteiger partial charge in [-0.1, -0.05) is 11.6 Å². The van der Waals surface area contributed by atoms with Gasteiger partial charge in [0.05, 0.1) is 17.9 Å². The fraction of sp³-hybridized carbons (Fsp3) is 0.200. The van der Waals surface area contributed by atoms with Crippen LogP contribution in [0.5, 0.6) is 0 Å². The predicted molar refractivity (Wildman–Crippen MR) is 79.9 cm³/mol. The van der Waals surface area contributed by atoms with E-state index in [-0.39, 0.29) is 11.9 Å². The van der Waals surface area contributed by atoms with Gasteiger partial charge in [-0.3, -0.25) is 4.98 Å². The first-order valence-electron chi connectivity index (χ1n) is 6.57. The van der Waals surface area contributed by atoms with E-state index in [1.165, 1.54) is 12.1 Å². The Balaban J connectivity index is 1.97. The Kier molecular flexibility index (Phi) is 3.86. The molecular formula is C15H14ClFN4. The Bertz CT molecular complexity index is 771. The van der Waals surface area contributed by atoms with E-state index in [1.807, 2.05) is 7.05 Å². The van der Waals surface area contributed by atoms with Crippen LogP contribution in [0.25, 0.3) is 5.52 Å². The summed E-state index contributed by atoms with van der Waals surface area (Å²) >= 11 is 6.15. The highest BCUT2D eigenvalue weighted by Crippen LogP contribution is 2.26. The molecule has 0 aliphatic heterocycles. The van der Waals surface area contributed by atoms with Crippen LogP contribution < -0.4 is 5.32 Å². The molecule has 1 atom stereocenters. The highest BCUT2D eigenvalue weighted by Gasteiger charge is 2.17. The summed E-state index contributed by atoms with van der Waals surface area (Å²) in [5.41, 5.74) is 2.69. The van der Waals surface area contributed by atoms with Gasteiger partial charge in [0.2, 0.25) is 0 Å². The van der Waals surface area contributed by atoms with Gasteiger partial charge in [0.15, 0.2) is 0 Å². The lowest BCUT2D eigenvalue weighted by Crippen LogP contribution is -2.19. The molecule has 108 valence electrons. The van der Waals surface area contributed by atoms with Crippen molar-refractivity contribution in [1.82, 2.24) is 19.9 Å². The van der Waals surface area contributed by atoms with Crippen molar-refractivity contribution in [3.05, 3.63) is 65.0 Å². The van der Waals surface area contributed by atoms with E-state index in [2.05, 4.69) is 15.4 Å². The van der Waals surface area contributed by atoms with E-state index in [0.29, 0.717) is 11.4 Å². The molecule has 4 nitrogen and oxygen atoms in total. The third kappa shape index (κ3) is 2.75. The SMILES string of the molecule is CNC(Cc1cc(F)ccc1Cl)c1cnn2ccncc12. The molecule has 6 heteroatoms. The van der Waals surface area contributed by atoms with Gasteiger partial charge in [-0.25, -0.2) is 8.91 Å². The van der Waals surface area contributed by atoms with Gasteiger partial charge in [0.25, 0.3) is 0 Å². The Hall–Kier alpha value is -1.98. The number of aromatic nitrogens is 3. The first kappa shape index (κ1) is 14.0. The van der Waals surface area contributed by atoms with Crippen molar-refractivity contribution in [2.24, 2.45) is 0 Å². The number of nitrogens with zero attached hydrogens (tertiary/aromatic N) is 3. The normalized spacial score (nSPS) is 12.7. The predicted octanol–water partition coefficient (Wildman–Crippen LogP) is 3.03. The van der Waals surface area contributed by atoms with Crippen LogP contribution in [0.2, 0.25) is 5.02 Å². The summed E-state index contributed by atoms with van der Waals surface area (Å²) in [5.74, 6) is -0.286. The van der Waals surface area contributed by atoms with Crippen molar-refractivity contribution in [2.45, 2.75) is 12.5 Å². The monoisotopic (exact) mass is 304 g/mol. The molecule has 0 aliphatic rings. The number of fused-ring (bicyclic) bond motifs is 1. The molecule has 21 heavy (non-hydrogen) atoms. The standard InChI is InChI=1S/C15H14ClFN4/c1-18-14(7-10-6-11(17)2-3-13(10)16)12-8-20-21-5-4-19-9-15(12)21/h2-6,8-9,14,18H,7H2,1H3. The van der Waals surface area contributed by atoms with Crippen molar-refractivity contribution in [1.29, 1.82) is 0 Å². The maximum Gasteiger partial charge on any atom is 0.123 e. The maximum absolute atomic E-state index is 13.4. The zero-order chi connectivity index (χ0) is 14.8. The Morgan fingerprint density at radius 3 is 3.05 bits per heavy atom. The molecule has 1 unspecified atom stereocenters. The van der Waals surface area contributed by atoms with Crippen molar-refractivity contribution >= 4 is 17.1 Å². The lowest BCUT2D eigenvalue weighted by molar-refractivity contribution is 0.587. The van der Waals surface area contributed by atoms with Crippen LogP contribution >= 0.6 is 11.6 Å². The average molecular weight is 305 g/mol. The zero-order valence-electron chi connectivity index (χ0n) is 11.4. The molecule has 0 amide bonds. The Morgan fingerprint density at radius 2 is 2.24 bits per heavy atom. The van der Waals surface area contributed by atoms with Gasteiger partial charge in [-0.05, 0) is 37.2 Å². The summed E-state index contributed by atoms with van der Waals surface area (Å²) in [7, 11) is 1.86. The minimum absolute atomic E-state index is 0.0222. The molecule has 0 fully saturated rings. The first-order chi connectivity index (χ1) is 10.2. The van der Waals surface area contributed by atoms with Gasteiger partial charge in [0, 0.05) is 29.0 Å². The second kappa shape index (κ2) is 5.79. The van der Waals surface area contributed by atoms with Crippen molar-refractivity contribution in [3.63, 3.8) is 0 Å². The summed E-state index contributed by atoms with van der Waals surface area (Å²) in [4.78, 5) is 4.13. The van der Waals surface area contributed by atoms with Gasteiger partial charge < -0.3 is 5.32 Å². The molecule has 0 saturated heterocycles. The number of benzene rings is 1. The fourth-order valence-corrected chi connectivity index (χ4v) is 2.60. The molecule has 1 N–H and O–H groups in total. The molecule has 2 aromatic heterocycles. The van der Waals surface area contributed by atoms with Gasteiger partial charge in [0.1, 0.15) is 5.82 Å². The molecule has 0 saturated carbocycles. The van der Waals surface area contributed by atoms with Crippen molar-refractivity contribution in [2.75, 3.05) is 7.05 Å². The molecule has 3 rings (SSSR count). The van der Waals surface area contributed by atoms with E-state index < -0.39 is 0 Å². The summed E-state index contributed by atoms with van der Waals surface area (Å²) < 4.78 is 15.2. The number of hydrogen-bond acceptors (Lipinski definition) is 3. The molecule has 0 bridgehead atoms. The number of hydrogen-bond donors (Lipinski definition) is 1. The molecule has 2 heterocycles. The van der Waals surface area contributed by atoms with Crippen LogP contribution in [0.4, 0.5) is 4.39 Å². The quantitative estimate of drug-likeness (QED) is 0.805. The molecular weight excluding hydrogens is 291 g/mol. The average Bonchev–Trinajstić information content (AvgIpc) is 2.92. The minimum atomic E-state index is -0.286. The Morgan fingerprint density at radius 1 is 1.38 bits per heavy atom. The van der Waals surface area contributed by atoms with Crippen LogP contribution in [0.15, 0.2) is 43.0 Å². The van der Waals surface area contributed by atoms with Crippen molar-refractivity contribution < 1.29 is 4.39 Å². The van der Waals surface area contributed by atoms with Crippen LogP contribution in [0.3, 0.4) is 0 Å². The largest absolute Gasteiger partial charge is 0.313 e. The summed E-state index contributed by atoms with van der Waals surface area (Å²) in [6.45, 7) is 0. The lowest BCUT2D eigenvalue weighted by atomic mass is 10.00. The third-order valence-corrected chi connectivity index (χ3v) is 3.88. The van der Waals surface area contributed by atoms with Crippen LogP contribution in [-0.4, -0.2) is 21.6 Å². The highest BCUT2D eigenvalue weighted by molar-refractivity contribution is 6.31. The molecule has 0 spiro atoms. The second-order valence-electron chi connectivity index (χ2n) is 4.79. The number of rotatable bonds is 4.